The van der Waals surface area contributed by atoms with Crippen LogP contribution in [0.5, 0.6) is 0 Å². The van der Waals surface area contributed by atoms with Crippen molar-refractivity contribution < 1.29 is 14.4 Å². The van der Waals surface area contributed by atoms with Crippen LogP contribution in [0.2, 0.25) is 0 Å². The first-order valence-electron chi connectivity index (χ1n) is 16.2. The minimum absolute atomic E-state index is 0.0211. The monoisotopic (exact) mass is 626 g/mol. The van der Waals surface area contributed by atoms with Crippen molar-refractivity contribution in [2.24, 2.45) is 5.92 Å². The van der Waals surface area contributed by atoms with E-state index in [4.69, 9.17) is 0 Å². The molecule has 0 saturated carbocycles. The summed E-state index contributed by atoms with van der Waals surface area (Å²) in [4.78, 5) is 51.6. The van der Waals surface area contributed by atoms with Gasteiger partial charge in [-0.15, -0.1) is 0 Å². The molecule has 2 aromatic heterocycles. The highest BCUT2D eigenvalue weighted by molar-refractivity contribution is 6.07. The molecule has 1 amide bonds. The van der Waals surface area contributed by atoms with E-state index in [1.165, 1.54) is 6.92 Å². The number of carbonyl (C=O) groups excluding carboxylic acids is 3. The quantitative estimate of drug-likeness (QED) is 0.164. The van der Waals surface area contributed by atoms with Gasteiger partial charge in [-0.2, -0.15) is 5.10 Å². The van der Waals surface area contributed by atoms with Crippen molar-refractivity contribution in [3.8, 4) is 11.1 Å². The third-order valence-electron chi connectivity index (χ3n) is 9.47. The fourth-order valence-corrected chi connectivity index (χ4v) is 7.19. The minimum Gasteiger partial charge on any atom is -0.352 e. The van der Waals surface area contributed by atoms with Gasteiger partial charge in [0.1, 0.15) is 18.1 Å². The highest BCUT2D eigenvalue weighted by atomic mass is 16.2. The van der Waals surface area contributed by atoms with Gasteiger partial charge in [0.05, 0.1) is 17.5 Å². The molecule has 0 spiro atoms. The maximum atomic E-state index is 14.1. The molecule has 2 aliphatic rings. The van der Waals surface area contributed by atoms with Gasteiger partial charge in [0.2, 0.25) is 5.91 Å². The van der Waals surface area contributed by atoms with Gasteiger partial charge in [0.25, 0.3) is 0 Å². The number of piperidine rings is 1. The molecule has 238 valence electrons. The number of hydrogen-bond acceptors (Lipinski definition) is 7. The molecule has 47 heavy (non-hydrogen) atoms. The molecule has 9 nitrogen and oxygen atoms in total. The Bertz CT molecular complexity index is 1910. The number of ketones is 2. The average molecular weight is 627 g/mol. The standard InChI is InChI=1S/C38H38N6O3/c1-23-14-28(29-19-39-25(3)40-20-29)17-32-35(24(2)45)42-44(36(23)32)22-34(46)37-33(18-31-21-43(31)37)38(47)41-30(15-26-10-6-4-7-11-26)16-27-12-8-5-9-13-27/h4-14,17,19-20,30-31,33,37H,15-16,18,21-22H2,1-3H3,(H,41,47)/t31-,33+,37?,43?/m1/s1. The number of rotatable bonds is 11. The Balaban J connectivity index is 1.13. The van der Waals surface area contributed by atoms with Gasteiger partial charge in [-0.3, -0.25) is 24.0 Å². The smallest absolute Gasteiger partial charge is 0.225 e. The number of amides is 1. The minimum atomic E-state index is -0.529. The van der Waals surface area contributed by atoms with Crippen LogP contribution in [0.1, 0.15) is 46.3 Å². The van der Waals surface area contributed by atoms with Crippen molar-refractivity contribution in [1.82, 2.24) is 30.0 Å². The molecular weight excluding hydrogens is 588 g/mol. The summed E-state index contributed by atoms with van der Waals surface area (Å²) in [6.07, 6.45) is 5.58. The summed E-state index contributed by atoms with van der Waals surface area (Å²) in [6, 6.07) is 23.9. The predicted octanol–water partition coefficient (Wildman–Crippen LogP) is 4.92. The maximum Gasteiger partial charge on any atom is 0.225 e. The largest absolute Gasteiger partial charge is 0.352 e. The number of aryl methyl sites for hydroxylation is 2. The lowest BCUT2D eigenvalue weighted by Gasteiger charge is -2.25. The number of fused-ring (bicyclic) bond motifs is 2. The van der Waals surface area contributed by atoms with Crippen molar-refractivity contribution >= 4 is 28.4 Å². The Morgan fingerprint density at radius 3 is 2.15 bits per heavy atom. The van der Waals surface area contributed by atoms with E-state index in [0.717, 1.165) is 39.9 Å². The SMILES string of the molecule is CC(=O)c1nn(CC(=O)C2[C@@H](C(=O)NC(Cc3ccccc3)Cc3ccccc3)C[C@@H]3CN23)c2c(C)cc(-c3cnc(C)nc3)cc12. The van der Waals surface area contributed by atoms with Gasteiger partial charge in [-0.05, 0) is 67.5 Å². The van der Waals surface area contributed by atoms with Crippen LogP contribution < -0.4 is 5.32 Å². The van der Waals surface area contributed by atoms with Crippen LogP contribution in [0.4, 0.5) is 0 Å². The topological polar surface area (TPSA) is 110 Å². The Morgan fingerprint density at radius 1 is 0.894 bits per heavy atom. The maximum absolute atomic E-state index is 14.1. The molecule has 3 aromatic carbocycles. The van der Waals surface area contributed by atoms with Crippen molar-refractivity contribution in [3.05, 3.63) is 113 Å². The van der Waals surface area contributed by atoms with E-state index in [1.54, 1.807) is 17.1 Å². The van der Waals surface area contributed by atoms with E-state index in [1.807, 2.05) is 62.4 Å². The molecule has 0 bridgehead atoms. The zero-order chi connectivity index (χ0) is 32.7. The third kappa shape index (κ3) is 6.36. The fraction of sp³-hybridized carbons (Fsp3) is 0.316. The molecule has 5 aromatic rings. The number of Topliss-reactive ketones (excluding diaryl/α,β-unsaturated/α-hetero) is 2. The second-order valence-electron chi connectivity index (χ2n) is 13.0. The lowest BCUT2D eigenvalue weighted by atomic mass is 9.91. The van der Waals surface area contributed by atoms with Crippen LogP contribution in [-0.4, -0.2) is 66.8 Å². The summed E-state index contributed by atoms with van der Waals surface area (Å²) >= 11 is 0. The third-order valence-corrected chi connectivity index (χ3v) is 9.47. The summed E-state index contributed by atoms with van der Waals surface area (Å²) in [5.41, 5.74) is 5.97. The number of carbonyl (C=O) groups is 3. The van der Waals surface area contributed by atoms with E-state index in [-0.39, 0.29) is 36.1 Å². The van der Waals surface area contributed by atoms with E-state index in [2.05, 4.69) is 49.5 Å². The Labute approximate surface area is 274 Å². The summed E-state index contributed by atoms with van der Waals surface area (Å²) in [6.45, 7) is 6.08. The molecule has 2 saturated heterocycles. The number of nitrogens with one attached hydrogen (secondary N) is 1. The second kappa shape index (κ2) is 12.6. The normalized spacial score (nSPS) is 19.9. The molecule has 1 N–H and O–H groups in total. The van der Waals surface area contributed by atoms with E-state index in [9.17, 15) is 14.4 Å². The molecule has 4 atom stereocenters. The van der Waals surface area contributed by atoms with Crippen molar-refractivity contribution in [2.45, 2.75) is 64.7 Å². The molecule has 0 aliphatic carbocycles. The average Bonchev–Trinajstić information content (AvgIpc) is 3.55. The summed E-state index contributed by atoms with van der Waals surface area (Å²) in [5, 5.41) is 8.68. The van der Waals surface area contributed by atoms with Crippen LogP contribution >= 0.6 is 0 Å². The van der Waals surface area contributed by atoms with E-state index < -0.39 is 12.0 Å². The zero-order valence-corrected chi connectivity index (χ0v) is 26.9. The highest BCUT2D eigenvalue weighted by Crippen LogP contribution is 2.41. The summed E-state index contributed by atoms with van der Waals surface area (Å²) < 4.78 is 1.65. The van der Waals surface area contributed by atoms with E-state index >= 15 is 0 Å². The second-order valence-corrected chi connectivity index (χ2v) is 13.0. The highest BCUT2D eigenvalue weighted by Gasteiger charge is 2.56. The molecule has 9 heteroatoms. The van der Waals surface area contributed by atoms with Gasteiger partial charge in [-0.1, -0.05) is 60.7 Å². The molecule has 2 unspecified atom stereocenters. The molecule has 7 rings (SSSR count). The van der Waals surface area contributed by atoms with Crippen molar-refractivity contribution in [2.75, 3.05) is 6.54 Å². The number of aromatic nitrogens is 4. The Hall–Kier alpha value is -5.02. The Morgan fingerprint density at radius 2 is 1.53 bits per heavy atom. The first-order valence-corrected chi connectivity index (χ1v) is 16.2. The first kappa shape index (κ1) is 30.6. The molecule has 4 heterocycles. The number of nitrogens with zero attached hydrogens (tertiary/aromatic N) is 5. The molecule has 2 aliphatic heterocycles. The fourth-order valence-electron chi connectivity index (χ4n) is 7.19. The van der Waals surface area contributed by atoms with Crippen LogP contribution in [0.25, 0.3) is 22.0 Å². The molecule has 2 fully saturated rings. The lowest BCUT2D eigenvalue weighted by molar-refractivity contribution is -0.132. The van der Waals surface area contributed by atoms with Crippen LogP contribution in [0.15, 0.2) is 85.2 Å². The predicted molar refractivity (Wildman–Crippen MR) is 180 cm³/mol. The molecule has 0 radical (unpaired) electrons. The van der Waals surface area contributed by atoms with Crippen LogP contribution in [-0.2, 0) is 29.0 Å². The van der Waals surface area contributed by atoms with Crippen molar-refractivity contribution in [3.63, 3.8) is 0 Å². The molecular formula is C38H38N6O3. The van der Waals surface area contributed by atoms with E-state index in [0.29, 0.717) is 36.2 Å². The number of hydrogen-bond donors (Lipinski definition) is 1. The summed E-state index contributed by atoms with van der Waals surface area (Å²) in [7, 11) is 0. The van der Waals surface area contributed by atoms with Gasteiger partial charge in [-0.25, -0.2) is 9.97 Å². The van der Waals surface area contributed by atoms with Gasteiger partial charge in [0, 0.05) is 48.9 Å². The van der Waals surface area contributed by atoms with Crippen LogP contribution in [0.3, 0.4) is 0 Å². The van der Waals surface area contributed by atoms with Gasteiger partial charge >= 0.3 is 0 Å². The summed E-state index contributed by atoms with van der Waals surface area (Å²) in [5.74, 6) is -0.0904. The zero-order valence-electron chi connectivity index (χ0n) is 26.9. The van der Waals surface area contributed by atoms with Gasteiger partial charge < -0.3 is 5.32 Å². The number of benzene rings is 3. The Kier molecular flexibility index (Phi) is 8.24. The lowest BCUT2D eigenvalue weighted by Crippen LogP contribution is -2.47. The van der Waals surface area contributed by atoms with Crippen molar-refractivity contribution in [1.29, 1.82) is 0 Å². The first-order chi connectivity index (χ1) is 22.7. The van der Waals surface area contributed by atoms with Gasteiger partial charge in [0.15, 0.2) is 11.6 Å². The van der Waals surface area contributed by atoms with Crippen LogP contribution in [0, 0.1) is 19.8 Å².